The van der Waals surface area contributed by atoms with Crippen LogP contribution in [-0.4, -0.2) is 25.7 Å². The van der Waals surface area contributed by atoms with Gasteiger partial charge in [-0.1, -0.05) is 13.8 Å². The zero-order valence-corrected chi connectivity index (χ0v) is 11.9. The molecular formula is C12H16F3NO3S. The second-order valence-corrected chi connectivity index (χ2v) is 6.08. The lowest BCUT2D eigenvalue weighted by Gasteiger charge is -2.30. The van der Waals surface area contributed by atoms with Gasteiger partial charge in [-0.05, 0) is 25.0 Å². The highest BCUT2D eigenvalue weighted by atomic mass is 32.2. The van der Waals surface area contributed by atoms with Gasteiger partial charge in [0.1, 0.15) is 4.90 Å². The minimum absolute atomic E-state index is 0.254. The Morgan fingerprint density at radius 3 is 2.15 bits per heavy atom. The predicted octanol–water partition coefficient (Wildman–Crippen LogP) is 1.93. The van der Waals surface area contributed by atoms with Gasteiger partial charge in [0.05, 0.1) is 12.1 Å². The number of halogens is 3. The zero-order valence-electron chi connectivity index (χ0n) is 11.1. The Labute approximate surface area is 115 Å². The van der Waals surface area contributed by atoms with Crippen LogP contribution < -0.4 is 4.72 Å². The van der Waals surface area contributed by atoms with E-state index in [4.69, 9.17) is 0 Å². The Kier molecular flexibility index (Phi) is 5.17. The Morgan fingerprint density at radius 2 is 1.70 bits per heavy atom. The number of sulfonamides is 1. The second-order valence-electron chi connectivity index (χ2n) is 4.42. The van der Waals surface area contributed by atoms with E-state index < -0.39 is 44.5 Å². The largest absolute Gasteiger partial charge is 0.394 e. The Hall–Kier alpha value is -1.12. The fourth-order valence-corrected chi connectivity index (χ4v) is 3.31. The van der Waals surface area contributed by atoms with Crippen molar-refractivity contribution in [3.05, 3.63) is 29.6 Å². The first-order chi connectivity index (χ1) is 9.23. The van der Waals surface area contributed by atoms with Crippen LogP contribution in [0.25, 0.3) is 0 Å². The highest BCUT2D eigenvalue weighted by Crippen LogP contribution is 2.23. The van der Waals surface area contributed by atoms with Crippen LogP contribution in [0.1, 0.15) is 26.7 Å². The van der Waals surface area contributed by atoms with E-state index >= 15 is 0 Å². The molecule has 4 nitrogen and oxygen atoms in total. The molecule has 0 aliphatic rings. The summed E-state index contributed by atoms with van der Waals surface area (Å²) in [7, 11) is -4.42. The topological polar surface area (TPSA) is 66.4 Å². The van der Waals surface area contributed by atoms with Crippen LogP contribution in [0.3, 0.4) is 0 Å². The smallest absolute Gasteiger partial charge is 0.244 e. The van der Waals surface area contributed by atoms with E-state index in [1.165, 1.54) is 0 Å². The van der Waals surface area contributed by atoms with E-state index in [9.17, 15) is 26.7 Å². The summed E-state index contributed by atoms with van der Waals surface area (Å²) in [6, 6.07) is 1.18. The molecule has 0 amide bonds. The van der Waals surface area contributed by atoms with Gasteiger partial charge in [-0.15, -0.1) is 0 Å². The van der Waals surface area contributed by atoms with Crippen molar-refractivity contribution in [1.82, 2.24) is 4.72 Å². The highest BCUT2D eigenvalue weighted by Gasteiger charge is 2.33. The molecule has 1 rings (SSSR count). The fraction of sp³-hybridized carbons (Fsp3) is 0.500. The summed E-state index contributed by atoms with van der Waals surface area (Å²) in [6.45, 7) is 2.79. The molecule has 0 heterocycles. The van der Waals surface area contributed by atoms with Gasteiger partial charge in [-0.25, -0.2) is 26.3 Å². The van der Waals surface area contributed by atoms with Crippen LogP contribution in [0.4, 0.5) is 13.2 Å². The molecule has 0 radical (unpaired) electrons. The average Bonchev–Trinajstić information content (AvgIpc) is 2.42. The molecule has 0 aliphatic heterocycles. The molecule has 8 heteroatoms. The maximum atomic E-state index is 13.5. The monoisotopic (exact) mass is 311 g/mol. The average molecular weight is 311 g/mol. The van der Waals surface area contributed by atoms with E-state index in [1.807, 2.05) is 0 Å². The number of aliphatic hydroxyl groups is 1. The zero-order chi connectivity index (χ0) is 15.6. The molecule has 0 aliphatic carbocycles. The lowest BCUT2D eigenvalue weighted by atomic mass is 9.96. The number of hydrogen-bond acceptors (Lipinski definition) is 3. The summed E-state index contributed by atoms with van der Waals surface area (Å²) in [5.41, 5.74) is -1.17. The van der Waals surface area contributed by atoms with Crippen molar-refractivity contribution >= 4 is 10.0 Å². The standard InChI is InChI=1S/C12H16F3NO3S/c1-3-12(4-2,7-17)16-20(18,19)9-6-5-8(13)10(14)11(9)15/h5-6,16-17H,3-4,7H2,1-2H3. The predicted molar refractivity (Wildman–Crippen MR) is 67.0 cm³/mol. The molecule has 0 bridgehead atoms. The lowest BCUT2D eigenvalue weighted by Crippen LogP contribution is -2.50. The Balaban J connectivity index is 3.28. The first-order valence-corrected chi connectivity index (χ1v) is 7.49. The summed E-state index contributed by atoms with van der Waals surface area (Å²) < 4.78 is 65.7. The van der Waals surface area contributed by atoms with E-state index in [-0.39, 0.29) is 12.8 Å². The van der Waals surface area contributed by atoms with Crippen molar-refractivity contribution in [1.29, 1.82) is 0 Å². The van der Waals surface area contributed by atoms with Gasteiger partial charge in [0, 0.05) is 0 Å². The highest BCUT2D eigenvalue weighted by molar-refractivity contribution is 7.89. The Bertz CT molecular complexity index is 578. The number of nitrogens with one attached hydrogen (secondary N) is 1. The van der Waals surface area contributed by atoms with Crippen molar-refractivity contribution in [2.45, 2.75) is 37.1 Å². The molecule has 2 N–H and O–H groups in total. The maximum absolute atomic E-state index is 13.5. The first kappa shape index (κ1) is 16.9. The van der Waals surface area contributed by atoms with Gasteiger partial charge >= 0.3 is 0 Å². The molecule has 0 aromatic heterocycles. The van der Waals surface area contributed by atoms with Crippen LogP contribution in [0.15, 0.2) is 17.0 Å². The van der Waals surface area contributed by atoms with Gasteiger partial charge in [0.25, 0.3) is 0 Å². The van der Waals surface area contributed by atoms with E-state index in [0.29, 0.717) is 12.1 Å². The van der Waals surface area contributed by atoms with Crippen LogP contribution >= 0.6 is 0 Å². The summed E-state index contributed by atoms with van der Waals surface area (Å²) in [4.78, 5) is -0.990. The summed E-state index contributed by atoms with van der Waals surface area (Å²) in [5.74, 6) is -5.10. The summed E-state index contributed by atoms with van der Waals surface area (Å²) in [6.07, 6.45) is 0.509. The molecule has 0 fully saturated rings. The third-order valence-electron chi connectivity index (χ3n) is 3.30. The van der Waals surface area contributed by atoms with Crippen molar-refractivity contribution in [2.24, 2.45) is 0 Å². The maximum Gasteiger partial charge on any atom is 0.244 e. The van der Waals surface area contributed by atoms with Crippen LogP contribution in [0, 0.1) is 17.5 Å². The molecule has 0 unspecified atom stereocenters. The number of benzene rings is 1. The number of hydrogen-bond donors (Lipinski definition) is 2. The third-order valence-corrected chi connectivity index (χ3v) is 4.89. The van der Waals surface area contributed by atoms with Crippen molar-refractivity contribution in [3.8, 4) is 0 Å². The molecule has 0 saturated heterocycles. The van der Waals surface area contributed by atoms with E-state index in [0.717, 1.165) is 0 Å². The van der Waals surface area contributed by atoms with Crippen LogP contribution in [0.5, 0.6) is 0 Å². The molecule has 20 heavy (non-hydrogen) atoms. The number of aliphatic hydroxyl groups excluding tert-OH is 1. The minimum Gasteiger partial charge on any atom is -0.394 e. The van der Waals surface area contributed by atoms with Crippen LogP contribution in [0.2, 0.25) is 0 Å². The van der Waals surface area contributed by atoms with E-state index in [1.54, 1.807) is 13.8 Å². The summed E-state index contributed by atoms with van der Waals surface area (Å²) in [5, 5.41) is 9.30. The van der Waals surface area contributed by atoms with Gasteiger partial charge in [-0.3, -0.25) is 0 Å². The molecule has 0 saturated carbocycles. The third kappa shape index (κ3) is 3.13. The molecule has 1 aromatic carbocycles. The van der Waals surface area contributed by atoms with Crippen molar-refractivity contribution < 1.29 is 26.7 Å². The number of rotatable bonds is 6. The SMILES string of the molecule is CCC(CC)(CO)NS(=O)(=O)c1ccc(F)c(F)c1F. The van der Waals surface area contributed by atoms with Gasteiger partial charge < -0.3 is 5.11 Å². The molecule has 1 aromatic rings. The first-order valence-electron chi connectivity index (χ1n) is 6.01. The van der Waals surface area contributed by atoms with Crippen molar-refractivity contribution in [2.75, 3.05) is 6.61 Å². The van der Waals surface area contributed by atoms with Crippen LogP contribution in [-0.2, 0) is 10.0 Å². The summed E-state index contributed by atoms with van der Waals surface area (Å²) >= 11 is 0. The molecule has 0 spiro atoms. The molecule has 114 valence electrons. The lowest BCUT2D eigenvalue weighted by molar-refractivity contribution is 0.172. The van der Waals surface area contributed by atoms with Crippen molar-refractivity contribution in [3.63, 3.8) is 0 Å². The fourth-order valence-electron chi connectivity index (χ4n) is 1.71. The van der Waals surface area contributed by atoms with Gasteiger partial charge in [0.15, 0.2) is 17.5 Å². The molecule has 0 atom stereocenters. The normalized spacial score (nSPS) is 12.7. The van der Waals surface area contributed by atoms with Gasteiger partial charge in [0.2, 0.25) is 10.0 Å². The molecular weight excluding hydrogens is 295 g/mol. The van der Waals surface area contributed by atoms with E-state index in [2.05, 4.69) is 4.72 Å². The quantitative estimate of drug-likeness (QED) is 0.789. The van der Waals surface area contributed by atoms with Gasteiger partial charge in [-0.2, -0.15) is 0 Å². The minimum atomic E-state index is -4.42. The Morgan fingerprint density at radius 1 is 1.15 bits per heavy atom. The second kappa shape index (κ2) is 6.11.